The molecule has 0 aliphatic heterocycles. The molecule has 0 aromatic heterocycles. The number of benzene rings is 2. The third-order valence-corrected chi connectivity index (χ3v) is 4.01. The summed E-state index contributed by atoms with van der Waals surface area (Å²) in [5.74, 6) is 1.51. The second-order valence-corrected chi connectivity index (χ2v) is 5.68. The van der Waals surface area contributed by atoms with E-state index in [1.165, 1.54) is 7.11 Å². The van der Waals surface area contributed by atoms with Crippen molar-refractivity contribution in [2.45, 2.75) is 6.92 Å². The molecule has 2 rings (SSSR count). The minimum atomic E-state index is -0.235. The Balaban J connectivity index is 2.08. The first-order chi connectivity index (χ1) is 12.0. The molecule has 0 saturated heterocycles. The van der Waals surface area contributed by atoms with E-state index in [0.717, 1.165) is 5.56 Å². The van der Waals surface area contributed by atoms with Crippen LogP contribution in [-0.4, -0.2) is 33.8 Å². The van der Waals surface area contributed by atoms with E-state index in [-0.39, 0.29) is 12.5 Å². The Labute approximate surface area is 152 Å². The molecule has 0 aliphatic rings. The van der Waals surface area contributed by atoms with Gasteiger partial charge in [-0.25, -0.2) is 0 Å². The molecule has 0 spiro atoms. The van der Waals surface area contributed by atoms with Crippen LogP contribution in [0.5, 0.6) is 17.2 Å². The van der Waals surface area contributed by atoms with Gasteiger partial charge in [-0.2, -0.15) is 0 Å². The molecule has 0 atom stereocenters. The van der Waals surface area contributed by atoms with Gasteiger partial charge < -0.3 is 24.8 Å². The topological polar surface area (TPSA) is 68.8 Å². The minimum Gasteiger partial charge on any atom is -0.497 e. The van der Waals surface area contributed by atoms with Crippen LogP contribution in [0.4, 0.5) is 11.4 Å². The van der Waals surface area contributed by atoms with Crippen LogP contribution >= 0.6 is 11.6 Å². The quantitative estimate of drug-likeness (QED) is 0.783. The Morgan fingerprint density at radius 2 is 1.72 bits per heavy atom. The largest absolute Gasteiger partial charge is 0.497 e. The first-order valence-corrected chi connectivity index (χ1v) is 7.96. The van der Waals surface area contributed by atoms with Gasteiger partial charge in [-0.15, -0.1) is 0 Å². The zero-order chi connectivity index (χ0) is 18.4. The van der Waals surface area contributed by atoms with Gasteiger partial charge in [0.05, 0.1) is 39.2 Å². The van der Waals surface area contributed by atoms with Crippen molar-refractivity contribution in [1.29, 1.82) is 0 Å². The van der Waals surface area contributed by atoms with E-state index in [1.54, 1.807) is 38.5 Å². The molecule has 0 radical (unpaired) electrons. The fourth-order valence-electron chi connectivity index (χ4n) is 2.25. The smallest absolute Gasteiger partial charge is 0.243 e. The molecule has 0 bridgehead atoms. The first-order valence-electron chi connectivity index (χ1n) is 7.58. The second kappa shape index (κ2) is 8.48. The standard InChI is InChI=1S/C18H21ClN2O4/c1-11-7-14(17(25-4)9-13(11)19)20-10-18(22)21-15-8-12(23-2)5-6-16(15)24-3/h5-9,20H,10H2,1-4H3,(H,21,22). The van der Waals surface area contributed by atoms with E-state index in [0.29, 0.717) is 33.6 Å². The number of halogens is 1. The molecule has 0 fully saturated rings. The molecular weight excluding hydrogens is 344 g/mol. The highest BCUT2D eigenvalue weighted by Gasteiger charge is 2.11. The molecular formula is C18H21ClN2O4. The normalized spacial score (nSPS) is 10.1. The number of anilines is 2. The number of rotatable bonds is 7. The van der Waals surface area contributed by atoms with E-state index < -0.39 is 0 Å². The number of carbonyl (C=O) groups is 1. The predicted molar refractivity (Wildman–Crippen MR) is 99.4 cm³/mol. The fraction of sp³-hybridized carbons (Fsp3) is 0.278. The lowest BCUT2D eigenvalue weighted by Crippen LogP contribution is -2.22. The minimum absolute atomic E-state index is 0.0534. The number of nitrogens with one attached hydrogen (secondary N) is 2. The Kier molecular flexibility index (Phi) is 6.36. The summed E-state index contributed by atoms with van der Waals surface area (Å²) in [6, 6.07) is 8.73. The maximum absolute atomic E-state index is 12.3. The van der Waals surface area contributed by atoms with Gasteiger partial charge in [-0.05, 0) is 30.7 Å². The molecule has 1 amide bonds. The summed E-state index contributed by atoms with van der Waals surface area (Å²) in [4.78, 5) is 12.3. The summed E-state index contributed by atoms with van der Waals surface area (Å²) < 4.78 is 15.7. The molecule has 7 heteroatoms. The Morgan fingerprint density at radius 3 is 2.36 bits per heavy atom. The fourth-order valence-corrected chi connectivity index (χ4v) is 2.41. The lowest BCUT2D eigenvalue weighted by molar-refractivity contribution is -0.114. The SMILES string of the molecule is COc1ccc(OC)c(NC(=O)CNc2cc(C)c(Cl)cc2OC)c1. The zero-order valence-corrected chi connectivity index (χ0v) is 15.4. The van der Waals surface area contributed by atoms with Gasteiger partial charge in [0, 0.05) is 17.2 Å². The van der Waals surface area contributed by atoms with E-state index in [4.69, 9.17) is 25.8 Å². The van der Waals surface area contributed by atoms with Crippen LogP contribution in [0.15, 0.2) is 30.3 Å². The Bertz CT molecular complexity index is 765. The predicted octanol–water partition coefficient (Wildman–Crippen LogP) is 3.72. The molecule has 6 nitrogen and oxygen atoms in total. The van der Waals surface area contributed by atoms with Crippen molar-refractivity contribution in [3.63, 3.8) is 0 Å². The molecule has 2 aromatic rings. The summed E-state index contributed by atoms with van der Waals surface area (Å²) in [7, 11) is 4.65. The van der Waals surface area contributed by atoms with Crippen LogP contribution in [0.25, 0.3) is 0 Å². The molecule has 0 unspecified atom stereocenters. The highest BCUT2D eigenvalue weighted by atomic mass is 35.5. The van der Waals surface area contributed by atoms with Crippen molar-refractivity contribution in [3.05, 3.63) is 40.9 Å². The van der Waals surface area contributed by atoms with Crippen LogP contribution in [0, 0.1) is 6.92 Å². The summed E-state index contributed by atoms with van der Waals surface area (Å²) >= 11 is 6.08. The van der Waals surface area contributed by atoms with Gasteiger partial charge in [0.2, 0.25) is 5.91 Å². The van der Waals surface area contributed by atoms with Gasteiger partial charge in [-0.1, -0.05) is 11.6 Å². The number of amides is 1. The molecule has 2 aromatic carbocycles. The Hall–Kier alpha value is -2.60. The van der Waals surface area contributed by atoms with Crippen LogP contribution in [0.3, 0.4) is 0 Å². The van der Waals surface area contributed by atoms with E-state index in [9.17, 15) is 4.79 Å². The molecule has 2 N–H and O–H groups in total. The maximum Gasteiger partial charge on any atom is 0.243 e. The monoisotopic (exact) mass is 364 g/mol. The van der Waals surface area contributed by atoms with Gasteiger partial charge in [0.1, 0.15) is 17.2 Å². The summed E-state index contributed by atoms with van der Waals surface area (Å²) in [5, 5.41) is 6.45. The zero-order valence-electron chi connectivity index (χ0n) is 14.6. The number of hydrogen-bond acceptors (Lipinski definition) is 5. The second-order valence-electron chi connectivity index (χ2n) is 5.27. The number of aryl methyl sites for hydroxylation is 1. The van der Waals surface area contributed by atoms with E-state index in [1.807, 2.05) is 13.0 Å². The van der Waals surface area contributed by atoms with Crippen LogP contribution in [0.2, 0.25) is 5.02 Å². The number of carbonyl (C=O) groups excluding carboxylic acids is 1. The summed E-state index contributed by atoms with van der Waals surface area (Å²) in [6.07, 6.45) is 0. The maximum atomic E-state index is 12.3. The lowest BCUT2D eigenvalue weighted by Gasteiger charge is -2.14. The number of ether oxygens (including phenoxy) is 3. The lowest BCUT2D eigenvalue weighted by atomic mass is 10.2. The summed E-state index contributed by atoms with van der Waals surface area (Å²) in [5.41, 5.74) is 2.12. The van der Waals surface area contributed by atoms with Gasteiger partial charge in [0.25, 0.3) is 0 Å². The van der Waals surface area contributed by atoms with Crippen LogP contribution in [-0.2, 0) is 4.79 Å². The van der Waals surface area contributed by atoms with Crippen molar-refractivity contribution in [2.75, 3.05) is 38.5 Å². The third kappa shape index (κ3) is 4.70. The van der Waals surface area contributed by atoms with Crippen molar-refractivity contribution in [1.82, 2.24) is 0 Å². The molecule has 134 valence electrons. The van der Waals surface area contributed by atoms with Crippen molar-refractivity contribution < 1.29 is 19.0 Å². The van der Waals surface area contributed by atoms with E-state index >= 15 is 0 Å². The highest BCUT2D eigenvalue weighted by Crippen LogP contribution is 2.31. The highest BCUT2D eigenvalue weighted by molar-refractivity contribution is 6.31. The van der Waals surface area contributed by atoms with Crippen molar-refractivity contribution >= 4 is 28.9 Å². The van der Waals surface area contributed by atoms with Crippen molar-refractivity contribution in [3.8, 4) is 17.2 Å². The average molecular weight is 365 g/mol. The van der Waals surface area contributed by atoms with Crippen molar-refractivity contribution in [2.24, 2.45) is 0 Å². The molecule has 0 saturated carbocycles. The first kappa shape index (κ1) is 18.7. The molecule has 25 heavy (non-hydrogen) atoms. The van der Waals surface area contributed by atoms with Gasteiger partial charge in [0.15, 0.2) is 0 Å². The van der Waals surface area contributed by atoms with Gasteiger partial charge >= 0.3 is 0 Å². The third-order valence-electron chi connectivity index (χ3n) is 3.60. The van der Waals surface area contributed by atoms with Crippen LogP contribution < -0.4 is 24.8 Å². The molecule has 0 heterocycles. The average Bonchev–Trinajstić information content (AvgIpc) is 2.62. The Morgan fingerprint density at radius 1 is 1.00 bits per heavy atom. The van der Waals surface area contributed by atoms with Crippen LogP contribution in [0.1, 0.15) is 5.56 Å². The van der Waals surface area contributed by atoms with E-state index in [2.05, 4.69) is 10.6 Å². The number of methoxy groups -OCH3 is 3. The van der Waals surface area contributed by atoms with Gasteiger partial charge in [-0.3, -0.25) is 4.79 Å². The number of hydrogen-bond donors (Lipinski definition) is 2. The molecule has 0 aliphatic carbocycles. The summed E-state index contributed by atoms with van der Waals surface area (Å²) in [6.45, 7) is 1.94.